The van der Waals surface area contributed by atoms with Crippen molar-refractivity contribution in [1.82, 2.24) is 4.90 Å². The van der Waals surface area contributed by atoms with Crippen molar-refractivity contribution < 1.29 is 9.90 Å². The molecule has 1 atom stereocenters. The minimum absolute atomic E-state index is 0.561. The van der Waals surface area contributed by atoms with Crippen LogP contribution in [0, 0.1) is 6.92 Å². The summed E-state index contributed by atoms with van der Waals surface area (Å²) in [6, 6.07) is 7.28. The number of halogens is 1. The van der Waals surface area contributed by atoms with Crippen molar-refractivity contribution in [2.45, 2.75) is 25.9 Å². The number of aryl methyl sites for hydroxylation is 1. The number of carboxylic acids is 1. The molecule has 1 unspecified atom stereocenters. The fourth-order valence-corrected chi connectivity index (χ4v) is 4.03. The lowest BCUT2D eigenvalue weighted by molar-refractivity contribution is -0.144. The second kappa shape index (κ2) is 5.79. The molecule has 0 radical (unpaired) electrons. The smallest absolute Gasteiger partial charge is 0.325 e. The molecule has 3 rings (SSSR count). The summed E-state index contributed by atoms with van der Waals surface area (Å²) in [6.45, 7) is 3.30. The minimum Gasteiger partial charge on any atom is -0.480 e. The first-order valence-electron chi connectivity index (χ1n) is 6.84. The summed E-state index contributed by atoms with van der Waals surface area (Å²) < 4.78 is 0. The fraction of sp³-hybridized carbons (Fsp3) is 0.312. The lowest BCUT2D eigenvalue weighted by Crippen LogP contribution is -2.38. The Morgan fingerprint density at radius 3 is 3.00 bits per heavy atom. The molecule has 1 aliphatic rings. The van der Waals surface area contributed by atoms with E-state index in [0.29, 0.717) is 11.6 Å². The Balaban J connectivity index is 1.90. The van der Waals surface area contributed by atoms with E-state index in [1.807, 2.05) is 41.5 Å². The lowest BCUT2D eigenvalue weighted by Gasteiger charge is -2.33. The zero-order valence-corrected chi connectivity index (χ0v) is 13.2. The third kappa shape index (κ3) is 2.84. The minimum atomic E-state index is -0.794. The van der Waals surface area contributed by atoms with Gasteiger partial charge in [0.15, 0.2) is 0 Å². The highest BCUT2D eigenvalue weighted by molar-refractivity contribution is 7.10. The van der Waals surface area contributed by atoms with Gasteiger partial charge >= 0.3 is 5.97 Å². The van der Waals surface area contributed by atoms with Crippen molar-refractivity contribution in [1.29, 1.82) is 0 Å². The number of fused-ring (bicyclic) bond motifs is 1. The molecule has 0 spiro atoms. The van der Waals surface area contributed by atoms with Gasteiger partial charge in [0.1, 0.15) is 6.04 Å². The van der Waals surface area contributed by atoms with Gasteiger partial charge < -0.3 is 5.11 Å². The molecule has 2 aromatic rings. The van der Waals surface area contributed by atoms with Crippen molar-refractivity contribution in [2.75, 3.05) is 6.54 Å². The molecular formula is C16H16ClNO2S. The summed E-state index contributed by atoms with van der Waals surface area (Å²) in [5, 5.41) is 12.3. The highest BCUT2D eigenvalue weighted by atomic mass is 35.5. The molecule has 2 heterocycles. The van der Waals surface area contributed by atoms with Crippen LogP contribution in [-0.2, 0) is 17.8 Å². The number of aliphatic carboxylic acids is 1. The van der Waals surface area contributed by atoms with Gasteiger partial charge in [-0.25, -0.2) is 0 Å². The highest BCUT2D eigenvalue weighted by Crippen LogP contribution is 2.35. The molecule has 0 aliphatic carbocycles. The van der Waals surface area contributed by atoms with Crippen LogP contribution in [0.5, 0.6) is 0 Å². The maximum atomic E-state index is 11.7. The average molecular weight is 322 g/mol. The van der Waals surface area contributed by atoms with E-state index in [1.54, 1.807) is 11.3 Å². The zero-order valence-electron chi connectivity index (χ0n) is 11.7. The van der Waals surface area contributed by atoms with Crippen LogP contribution in [0.3, 0.4) is 0 Å². The van der Waals surface area contributed by atoms with Crippen molar-refractivity contribution in [2.24, 2.45) is 0 Å². The first-order chi connectivity index (χ1) is 10.1. The van der Waals surface area contributed by atoms with E-state index < -0.39 is 12.0 Å². The molecule has 110 valence electrons. The van der Waals surface area contributed by atoms with Gasteiger partial charge in [0.2, 0.25) is 0 Å². The van der Waals surface area contributed by atoms with E-state index in [1.165, 1.54) is 4.88 Å². The number of nitrogens with zero attached hydrogens (tertiary/aromatic N) is 1. The van der Waals surface area contributed by atoms with Gasteiger partial charge in [-0.05, 0) is 47.5 Å². The predicted octanol–water partition coefficient (Wildman–Crippen LogP) is 3.89. The first-order valence-corrected chi connectivity index (χ1v) is 8.10. The van der Waals surface area contributed by atoms with Gasteiger partial charge in [-0.1, -0.05) is 23.7 Å². The Labute approximate surface area is 132 Å². The van der Waals surface area contributed by atoms with Crippen LogP contribution in [0.1, 0.15) is 27.6 Å². The SMILES string of the molecule is Cc1ccc(CN2CCc3sccc3C2C(=O)O)c(Cl)c1. The maximum absolute atomic E-state index is 11.7. The van der Waals surface area contributed by atoms with E-state index in [2.05, 4.69) is 0 Å². The number of rotatable bonds is 3. The summed E-state index contributed by atoms with van der Waals surface area (Å²) in [7, 11) is 0. The molecule has 0 saturated heterocycles. The number of benzene rings is 1. The molecular weight excluding hydrogens is 306 g/mol. The zero-order chi connectivity index (χ0) is 15.0. The Hall–Kier alpha value is -1.36. The van der Waals surface area contributed by atoms with Gasteiger partial charge in [-0.15, -0.1) is 11.3 Å². The van der Waals surface area contributed by atoms with Gasteiger partial charge in [0.25, 0.3) is 0 Å². The lowest BCUT2D eigenvalue weighted by atomic mass is 9.99. The van der Waals surface area contributed by atoms with Crippen molar-refractivity contribution >= 4 is 28.9 Å². The van der Waals surface area contributed by atoms with E-state index >= 15 is 0 Å². The summed E-state index contributed by atoms with van der Waals surface area (Å²) in [4.78, 5) is 14.9. The van der Waals surface area contributed by atoms with E-state index in [9.17, 15) is 9.90 Å². The molecule has 21 heavy (non-hydrogen) atoms. The van der Waals surface area contributed by atoms with Crippen LogP contribution in [0.2, 0.25) is 5.02 Å². The quantitative estimate of drug-likeness (QED) is 0.932. The van der Waals surface area contributed by atoms with Gasteiger partial charge in [-0.3, -0.25) is 9.69 Å². The van der Waals surface area contributed by atoms with Crippen LogP contribution < -0.4 is 0 Å². The van der Waals surface area contributed by atoms with Gasteiger partial charge in [0, 0.05) is 23.0 Å². The first kappa shape index (κ1) is 14.6. The Bertz CT molecular complexity index is 683. The molecule has 3 nitrogen and oxygen atoms in total. The van der Waals surface area contributed by atoms with Crippen LogP contribution in [0.4, 0.5) is 0 Å². The van der Waals surface area contributed by atoms with Crippen LogP contribution in [0.25, 0.3) is 0 Å². The summed E-state index contributed by atoms with van der Waals surface area (Å²) in [5.41, 5.74) is 3.02. The number of hydrogen-bond donors (Lipinski definition) is 1. The van der Waals surface area contributed by atoms with Gasteiger partial charge in [-0.2, -0.15) is 0 Å². The summed E-state index contributed by atoms with van der Waals surface area (Å²) in [5.74, 6) is -0.794. The number of thiophene rings is 1. The monoisotopic (exact) mass is 321 g/mol. The Morgan fingerprint density at radius 2 is 2.29 bits per heavy atom. The summed E-state index contributed by atoms with van der Waals surface area (Å²) in [6.07, 6.45) is 0.903. The van der Waals surface area contributed by atoms with Gasteiger partial charge in [0.05, 0.1) is 0 Å². The van der Waals surface area contributed by atoms with Crippen LogP contribution in [0.15, 0.2) is 29.6 Å². The van der Waals surface area contributed by atoms with Crippen molar-refractivity contribution in [3.8, 4) is 0 Å². The van der Waals surface area contributed by atoms with Crippen LogP contribution in [-0.4, -0.2) is 22.5 Å². The topological polar surface area (TPSA) is 40.5 Å². The third-order valence-electron chi connectivity index (χ3n) is 3.88. The number of carboxylic acid groups (broad SMARTS) is 1. The molecule has 0 fully saturated rings. The third-order valence-corrected chi connectivity index (χ3v) is 5.23. The van der Waals surface area contributed by atoms with Crippen molar-refractivity contribution in [3.63, 3.8) is 0 Å². The second-order valence-electron chi connectivity index (χ2n) is 5.36. The normalized spacial score (nSPS) is 18.5. The standard InChI is InChI=1S/C16H16ClNO2S/c1-10-2-3-11(13(17)8-10)9-18-6-4-14-12(5-7-21-14)15(18)16(19)20/h2-3,5,7-8,15H,4,6,9H2,1H3,(H,19,20). The fourth-order valence-electron chi connectivity index (χ4n) is 2.83. The molecule has 1 aromatic carbocycles. The maximum Gasteiger partial charge on any atom is 0.325 e. The number of carbonyl (C=O) groups is 1. The number of hydrogen-bond acceptors (Lipinski definition) is 3. The van der Waals surface area contributed by atoms with E-state index in [-0.39, 0.29) is 0 Å². The molecule has 0 saturated carbocycles. The molecule has 0 amide bonds. The largest absolute Gasteiger partial charge is 0.480 e. The Morgan fingerprint density at radius 1 is 1.48 bits per heavy atom. The second-order valence-corrected chi connectivity index (χ2v) is 6.76. The van der Waals surface area contributed by atoms with Crippen LogP contribution >= 0.6 is 22.9 Å². The molecule has 5 heteroatoms. The van der Waals surface area contributed by atoms with E-state index in [0.717, 1.165) is 29.7 Å². The predicted molar refractivity (Wildman–Crippen MR) is 85.0 cm³/mol. The Kier molecular flexibility index (Phi) is 4.02. The highest BCUT2D eigenvalue weighted by Gasteiger charge is 2.33. The molecule has 1 aromatic heterocycles. The molecule has 1 aliphatic heterocycles. The van der Waals surface area contributed by atoms with E-state index in [4.69, 9.17) is 11.6 Å². The van der Waals surface area contributed by atoms with Crippen molar-refractivity contribution in [3.05, 3.63) is 56.2 Å². The summed E-state index contributed by atoms with van der Waals surface area (Å²) >= 11 is 7.93. The molecule has 0 bridgehead atoms. The average Bonchev–Trinajstić information content (AvgIpc) is 2.89. The molecule has 1 N–H and O–H groups in total.